The lowest BCUT2D eigenvalue weighted by Crippen LogP contribution is -2.45. The SMILES string of the molecule is Cc1ccc(C(=O)N2CCCC(C(C)N)C2)c(F)c1. The molecule has 1 aliphatic rings. The van der Waals surface area contributed by atoms with Crippen molar-refractivity contribution >= 4 is 5.91 Å². The highest BCUT2D eigenvalue weighted by molar-refractivity contribution is 5.94. The summed E-state index contributed by atoms with van der Waals surface area (Å²) in [5, 5.41) is 0. The van der Waals surface area contributed by atoms with Crippen LogP contribution in [-0.2, 0) is 0 Å². The quantitative estimate of drug-likeness (QED) is 0.891. The van der Waals surface area contributed by atoms with Crippen LogP contribution in [0.4, 0.5) is 4.39 Å². The Morgan fingerprint density at radius 1 is 1.53 bits per heavy atom. The number of nitrogens with zero attached hydrogens (tertiary/aromatic N) is 1. The van der Waals surface area contributed by atoms with E-state index in [0.29, 0.717) is 19.0 Å². The van der Waals surface area contributed by atoms with Crippen molar-refractivity contribution in [1.82, 2.24) is 4.90 Å². The Morgan fingerprint density at radius 2 is 2.26 bits per heavy atom. The van der Waals surface area contributed by atoms with E-state index in [9.17, 15) is 9.18 Å². The number of amides is 1. The molecule has 0 bridgehead atoms. The summed E-state index contributed by atoms with van der Waals surface area (Å²) in [7, 11) is 0. The van der Waals surface area contributed by atoms with Gasteiger partial charge in [-0.05, 0) is 50.3 Å². The Morgan fingerprint density at radius 3 is 2.89 bits per heavy atom. The van der Waals surface area contributed by atoms with Gasteiger partial charge in [-0.25, -0.2) is 4.39 Å². The summed E-state index contributed by atoms with van der Waals surface area (Å²) < 4.78 is 13.8. The summed E-state index contributed by atoms with van der Waals surface area (Å²) in [4.78, 5) is 14.1. The fourth-order valence-corrected chi connectivity index (χ4v) is 2.59. The van der Waals surface area contributed by atoms with Crippen LogP contribution in [0.2, 0.25) is 0 Å². The van der Waals surface area contributed by atoms with Crippen molar-refractivity contribution in [2.45, 2.75) is 32.7 Å². The van der Waals surface area contributed by atoms with Crippen LogP contribution in [0.5, 0.6) is 0 Å². The molecule has 1 fully saturated rings. The summed E-state index contributed by atoms with van der Waals surface area (Å²) >= 11 is 0. The molecule has 0 radical (unpaired) electrons. The lowest BCUT2D eigenvalue weighted by Gasteiger charge is -2.34. The lowest BCUT2D eigenvalue weighted by molar-refractivity contribution is 0.0656. The third-order valence-corrected chi connectivity index (χ3v) is 3.84. The molecule has 2 unspecified atom stereocenters. The molecule has 0 aromatic heterocycles. The number of likely N-dealkylation sites (tertiary alicyclic amines) is 1. The average Bonchev–Trinajstić information content (AvgIpc) is 2.38. The fraction of sp³-hybridized carbons (Fsp3) is 0.533. The first-order chi connectivity index (χ1) is 8.99. The Kier molecular flexibility index (Phi) is 4.20. The summed E-state index contributed by atoms with van der Waals surface area (Å²) in [5.41, 5.74) is 6.89. The number of hydrogen-bond donors (Lipinski definition) is 1. The summed E-state index contributed by atoms with van der Waals surface area (Å²) in [6, 6.07) is 4.81. The van der Waals surface area contributed by atoms with E-state index < -0.39 is 5.82 Å². The minimum absolute atomic E-state index is 0.0680. The molecule has 104 valence electrons. The minimum Gasteiger partial charge on any atom is -0.338 e. The smallest absolute Gasteiger partial charge is 0.256 e. The van der Waals surface area contributed by atoms with Gasteiger partial charge in [-0.15, -0.1) is 0 Å². The normalized spacial score (nSPS) is 21.3. The molecule has 4 heteroatoms. The van der Waals surface area contributed by atoms with Crippen molar-refractivity contribution in [1.29, 1.82) is 0 Å². The van der Waals surface area contributed by atoms with Gasteiger partial charge >= 0.3 is 0 Å². The maximum Gasteiger partial charge on any atom is 0.256 e. The van der Waals surface area contributed by atoms with Crippen LogP contribution in [0.15, 0.2) is 18.2 Å². The molecule has 1 aromatic carbocycles. The van der Waals surface area contributed by atoms with Crippen molar-refractivity contribution in [3.63, 3.8) is 0 Å². The van der Waals surface area contributed by atoms with Crippen LogP contribution in [0, 0.1) is 18.7 Å². The summed E-state index contributed by atoms with van der Waals surface area (Å²) in [6.07, 6.45) is 1.98. The van der Waals surface area contributed by atoms with Crippen LogP contribution in [0.3, 0.4) is 0 Å². The van der Waals surface area contributed by atoms with Crippen molar-refractivity contribution in [3.8, 4) is 0 Å². The molecular weight excluding hydrogens is 243 g/mol. The monoisotopic (exact) mass is 264 g/mol. The predicted molar refractivity (Wildman–Crippen MR) is 73.4 cm³/mol. The molecule has 1 aromatic rings. The minimum atomic E-state index is -0.437. The maximum atomic E-state index is 13.8. The van der Waals surface area contributed by atoms with Crippen molar-refractivity contribution in [2.24, 2.45) is 11.7 Å². The molecule has 0 aliphatic carbocycles. The standard InChI is InChI=1S/C15H21FN2O/c1-10-5-6-13(14(16)8-10)15(19)18-7-3-4-12(9-18)11(2)17/h5-6,8,11-12H,3-4,7,9,17H2,1-2H3. The summed E-state index contributed by atoms with van der Waals surface area (Å²) in [5.74, 6) is -0.345. The van der Waals surface area contributed by atoms with Gasteiger partial charge < -0.3 is 10.6 Å². The third-order valence-electron chi connectivity index (χ3n) is 3.84. The largest absolute Gasteiger partial charge is 0.338 e. The first-order valence-electron chi connectivity index (χ1n) is 6.80. The molecule has 2 N–H and O–H groups in total. The number of aryl methyl sites for hydroxylation is 1. The van der Waals surface area contributed by atoms with Crippen LogP contribution in [-0.4, -0.2) is 29.9 Å². The van der Waals surface area contributed by atoms with Gasteiger partial charge in [0.25, 0.3) is 5.91 Å². The third kappa shape index (κ3) is 3.13. The first-order valence-corrected chi connectivity index (χ1v) is 6.80. The molecule has 0 spiro atoms. The van der Waals surface area contributed by atoms with E-state index in [0.717, 1.165) is 18.4 Å². The van der Waals surface area contributed by atoms with Crippen LogP contribution in [0.25, 0.3) is 0 Å². The van der Waals surface area contributed by atoms with Crippen molar-refractivity contribution < 1.29 is 9.18 Å². The van der Waals surface area contributed by atoms with E-state index in [1.807, 2.05) is 13.8 Å². The Bertz CT molecular complexity index is 473. The molecular formula is C15H21FN2O. The van der Waals surface area contributed by atoms with Gasteiger partial charge in [-0.2, -0.15) is 0 Å². The van der Waals surface area contributed by atoms with E-state index >= 15 is 0 Å². The molecule has 1 amide bonds. The van der Waals surface area contributed by atoms with Crippen molar-refractivity contribution in [2.75, 3.05) is 13.1 Å². The zero-order valence-corrected chi connectivity index (χ0v) is 11.5. The van der Waals surface area contributed by atoms with E-state index in [-0.39, 0.29) is 17.5 Å². The van der Waals surface area contributed by atoms with Gasteiger partial charge in [0, 0.05) is 19.1 Å². The first kappa shape index (κ1) is 14.0. The van der Waals surface area contributed by atoms with E-state index in [4.69, 9.17) is 5.73 Å². The number of carbonyl (C=O) groups excluding carboxylic acids is 1. The van der Waals surface area contributed by atoms with Crippen LogP contribution < -0.4 is 5.73 Å². The molecule has 19 heavy (non-hydrogen) atoms. The number of carbonyl (C=O) groups is 1. The molecule has 0 saturated carbocycles. The lowest BCUT2D eigenvalue weighted by atomic mass is 9.92. The second kappa shape index (κ2) is 5.70. The van der Waals surface area contributed by atoms with Crippen LogP contribution >= 0.6 is 0 Å². The maximum absolute atomic E-state index is 13.8. The molecule has 1 heterocycles. The van der Waals surface area contributed by atoms with E-state index in [1.165, 1.54) is 6.07 Å². The highest BCUT2D eigenvalue weighted by Crippen LogP contribution is 2.21. The highest BCUT2D eigenvalue weighted by Gasteiger charge is 2.27. The van der Waals surface area contributed by atoms with Gasteiger partial charge in [0.05, 0.1) is 5.56 Å². The molecule has 2 atom stereocenters. The average molecular weight is 264 g/mol. The second-order valence-corrected chi connectivity index (χ2v) is 5.50. The van der Waals surface area contributed by atoms with Gasteiger partial charge in [-0.1, -0.05) is 6.07 Å². The van der Waals surface area contributed by atoms with Gasteiger partial charge in [0.2, 0.25) is 0 Å². The van der Waals surface area contributed by atoms with Gasteiger partial charge in [0.1, 0.15) is 5.82 Å². The number of benzene rings is 1. The molecule has 3 nitrogen and oxygen atoms in total. The number of hydrogen-bond acceptors (Lipinski definition) is 2. The number of halogens is 1. The topological polar surface area (TPSA) is 46.3 Å². The van der Waals surface area contributed by atoms with E-state index in [2.05, 4.69) is 0 Å². The van der Waals surface area contributed by atoms with Gasteiger partial charge in [0.15, 0.2) is 0 Å². The second-order valence-electron chi connectivity index (χ2n) is 5.50. The molecule has 2 rings (SSSR count). The Balaban J connectivity index is 2.15. The zero-order chi connectivity index (χ0) is 14.0. The number of nitrogens with two attached hydrogens (primary N) is 1. The Hall–Kier alpha value is -1.42. The zero-order valence-electron chi connectivity index (χ0n) is 11.5. The van der Waals surface area contributed by atoms with Crippen molar-refractivity contribution in [3.05, 3.63) is 35.1 Å². The predicted octanol–water partition coefficient (Wildman–Crippen LogP) is 2.33. The molecule has 1 saturated heterocycles. The Labute approximate surface area is 113 Å². The fourth-order valence-electron chi connectivity index (χ4n) is 2.59. The van der Waals surface area contributed by atoms with Crippen LogP contribution in [0.1, 0.15) is 35.7 Å². The number of rotatable bonds is 2. The van der Waals surface area contributed by atoms with E-state index in [1.54, 1.807) is 17.0 Å². The highest BCUT2D eigenvalue weighted by atomic mass is 19.1. The number of piperidine rings is 1. The van der Waals surface area contributed by atoms with Gasteiger partial charge in [-0.3, -0.25) is 4.79 Å². The molecule has 1 aliphatic heterocycles. The summed E-state index contributed by atoms with van der Waals surface area (Å²) in [6.45, 7) is 5.09.